The second-order valence-corrected chi connectivity index (χ2v) is 2.90. The van der Waals surface area contributed by atoms with Gasteiger partial charge in [0.15, 0.2) is 11.6 Å². The van der Waals surface area contributed by atoms with Crippen LogP contribution in [0.3, 0.4) is 0 Å². The Morgan fingerprint density at radius 1 is 1.43 bits per heavy atom. The van der Waals surface area contributed by atoms with Gasteiger partial charge < -0.3 is 4.74 Å². The Bertz CT molecular complexity index is 359. The van der Waals surface area contributed by atoms with E-state index < -0.39 is 11.6 Å². The van der Waals surface area contributed by atoms with Gasteiger partial charge in [-0.1, -0.05) is 13.5 Å². The highest BCUT2D eigenvalue weighted by Crippen LogP contribution is 2.30. The lowest BCUT2D eigenvalue weighted by molar-refractivity contribution is 0.370. The fraction of sp³-hybridized carbons (Fsp3) is 0.273. The van der Waals surface area contributed by atoms with E-state index in [2.05, 4.69) is 6.58 Å². The number of allylic oxidation sites excluding steroid dienone is 1. The number of ether oxygens (including phenoxy) is 1. The number of halogens is 2. The molecule has 0 spiro atoms. The minimum absolute atomic E-state index is 0.0724. The summed E-state index contributed by atoms with van der Waals surface area (Å²) in [4.78, 5) is 0. The maximum Gasteiger partial charge on any atom is 0.201 e. The molecule has 0 fully saturated rings. The Morgan fingerprint density at radius 2 is 2.07 bits per heavy atom. The SMILES string of the molecule is C=C(CC)c1ccc(F)c(F)c1OC. The van der Waals surface area contributed by atoms with E-state index in [-0.39, 0.29) is 5.75 Å². The lowest BCUT2D eigenvalue weighted by atomic mass is 10.0. The largest absolute Gasteiger partial charge is 0.493 e. The van der Waals surface area contributed by atoms with E-state index in [0.717, 1.165) is 11.6 Å². The molecule has 1 aromatic carbocycles. The summed E-state index contributed by atoms with van der Waals surface area (Å²) in [5.74, 6) is -1.94. The van der Waals surface area contributed by atoms with E-state index in [9.17, 15) is 8.78 Å². The van der Waals surface area contributed by atoms with Gasteiger partial charge >= 0.3 is 0 Å². The molecule has 0 aliphatic rings. The molecule has 0 heterocycles. The molecular formula is C11H12F2O. The molecule has 0 unspecified atom stereocenters. The van der Waals surface area contributed by atoms with Crippen LogP contribution in [0.15, 0.2) is 18.7 Å². The zero-order valence-corrected chi connectivity index (χ0v) is 8.23. The van der Waals surface area contributed by atoms with Crippen molar-refractivity contribution in [2.75, 3.05) is 7.11 Å². The van der Waals surface area contributed by atoms with Gasteiger partial charge in [-0.15, -0.1) is 0 Å². The van der Waals surface area contributed by atoms with Crippen LogP contribution >= 0.6 is 0 Å². The highest BCUT2D eigenvalue weighted by molar-refractivity contribution is 5.68. The van der Waals surface area contributed by atoms with Crippen molar-refractivity contribution in [1.82, 2.24) is 0 Å². The molecule has 0 atom stereocenters. The molecule has 0 bridgehead atoms. The van der Waals surface area contributed by atoms with Gasteiger partial charge in [0.1, 0.15) is 0 Å². The van der Waals surface area contributed by atoms with Crippen LogP contribution in [-0.4, -0.2) is 7.11 Å². The molecule has 1 aromatic rings. The summed E-state index contributed by atoms with van der Waals surface area (Å²) in [7, 11) is 1.31. The smallest absolute Gasteiger partial charge is 0.201 e. The first-order chi connectivity index (χ1) is 6.61. The van der Waals surface area contributed by atoms with Gasteiger partial charge in [0.25, 0.3) is 0 Å². The van der Waals surface area contributed by atoms with Crippen molar-refractivity contribution in [2.24, 2.45) is 0 Å². The summed E-state index contributed by atoms with van der Waals surface area (Å²) >= 11 is 0. The molecule has 0 amide bonds. The molecule has 0 aromatic heterocycles. The Hall–Kier alpha value is -1.38. The quantitative estimate of drug-likeness (QED) is 0.723. The summed E-state index contributed by atoms with van der Waals surface area (Å²) in [6, 6.07) is 2.55. The first-order valence-electron chi connectivity index (χ1n) is 4.32. The molecule has 0 saturated carbocycles. The zero-order valence-electron chi connectivity index (χ0n) is 8.23. The highest BCUT2D eigenvalue weighted by atomic mass is 19.2. The third-order valence-corrected chi connectivity index (χ3v) is 2.06. The molecule has 0 aliphatic heterocycles. The van der Waals surface area contributed by atoms with Crippen molar-refractivity contribution in [3.8, 4) is 5.75 Å². The van der Waals surface area contributed by atoms with Crippen molar-refractivity contribution in [2.45, 2.75) is 13.3 Å². The number of methoxy groups -OCH3 is 1. The maximum atomic E-state index is 13.2. The van der Waals surface area contributed by atoms with Gasteiger partial charge in [0.05, 0.1) is 7.11 Å². The van der Waals surface area contributed by atoms with Crippen LogP contribution in [0.4, 0.5) is 8.78 Å². The molecule has 3 heteroatoms. The van der Waals surface area contributed by atoms with E-state index in [4.69, 9.17) is 4.74 Å². The van der Waals surface area contributed by atoms with Crippen molar-refractivity contribution >= 4 is 5.57 Å². The van der Waals surface area contributed by atoms with Crippen molar-refractivity contribution < 1.29 is 13.5 Å². The first kappa shape index (κ1) is 10.7. The lowest BCUT2D eigenvalue weighted by Gasteiger charge is -2.10. The second-order valence-electron chi connectivity index (χ2n) is 2.90. The standard InChI is InChI=1S/C11H12F2O/c1-4-7(2)8-5-6-9(12)10(13)11(8)14-3/h5-6H,2,4H2,1,3H3. The number of benzene rings is 1. The van der Waals surface area contributed by atoms with Crippen LogP contribution in [0.2, 0.25) is 0 Å². The van der Waals surface area contributed by atoms with Crippen LogP contribution in [0.25, 0.3) is 5.57 Å². The van der Waals surface area contributed by atoms with Crippen LogP contribution in [-0.2, 0) is 0 Å². The van der Waals surface area contributed by atoms with E-state index in [1.807, 2.05) is 6.92 Å². The summed E-state index contributed by atoms with van der Waals surface area (Å²) in [6.45, 7) is 5.65. The van der Waals surface area contributed by atoms with Gasteiger partial charge in [0.2, 0.25) is 5.82 Å². The summed E-state index contributed by atoms with van der Waals surface area (Å²) in [5.41, 5.74) is 1.25. The Balaban J connectivity index is 3.31. The zero-order chi connectivity index (χ0) is 10.7. The van der Waals surface area contributed by atoms with Gasteiger partial charge in [-0.25, -0.2) is 4.39 Å². The molecule has 1 nitrogen and oxygen atoms in total. The molecule has 0 saturated heterocycles. The van der Waals surface area contributed by atoms with E-state index in [1.165, 1.54) is 13.2 Å². The first-order valence-corrected chi connectivity index (χ1v) is 4.32. The average molecular weight is 198 g/mol. The minimum atomic E-state index is -0.959. The van der Waals surface area contributed by atoms with Crippen LogP contribution < -0.4 is 4.74 Å². The normalized spacial score (nSPS) is 10.0. The Morgan fingerprint density at radius 3 is 2.57 bits per heavy atom. The summed E-state index contributed by atoms with van der Waals surface area (Å²) in [6.07, 6.45) is 0.668. The van der Waals surface area contributed by atoms with Gasteiger partial charge in [0, 0.05) is 5.56 Å². The van der Waals surface area contributed by atoms with Gasteiger partial charge in [-0.05, 0) is 24.1 Å². The van der Waals surface area contributed by atoms with E-state index >= 15 is 0 Å². The van der Waals surface area contributed by atoms with Gasteiger partial charge in [-0.2, -0.15) is 4.39 Å². The average Bonchev–Trinajstić information content (AvgIpc) is 2.20. The van der Waals surface area contributed by atoms with E-state index in [1.54, 1.807) is 0 Å². The van der Waals surface area contributed by atoms with Crippen molar-refractivity contribution in [3.05, 3.63) is 35.9 Å². The monoisotopic (exact) mass is 198 g/mol. The molecule has 0 aliphatic carbocycles. The third kappa shape index (κ3) is 1.76. The molecule has 0 N–H and O–H groups in total. The van der Waals surface area contributed by atoms with Crippen molar-refractivity contribution in [3.63, 3.8) is 0 Å². The van der Waals surface area contributed by atoms with Crippen LogP contribution in [0.5, 0.6) is 5.75 Å². The van der Waals surface area contributed by atoms with Crippen LogP contribution in [0.1, 0.15) is 18.9 Å². The molecule has 14 heavy (non-hydrogen) atoms. The fourth-order valence-corrected chi connectivity index (χ4v) is 1.20. The third-order valence-electron chi connectivity index (χ3n) is 2.06. The number of hydrogen-bond donors (Lipinski definition) is 0. The molecule has 76 valence electrons. The summed E-state index contributed by atoms with van der Waals surface area (Å²) in [5, 5.41) is 0. The lowest BCUT2D eigenvalue weighted by Crippen LogP contribution is -1.97. The Kier molecular flexibility index (Phi) is 3.23. The molecule has 0 radical (unpaired) electrons. The topological polar surface area (TPSA) is 9.23 Å². The predicted molar refractivity (Wildman–Crippen MR) is 52.2 cm³/mol. The minimum Gasteiger partial charge on any atom is -0.493 e. The fourth-order valence-electron chi connectivity index (χ4n) is 1.20. The second kappa shape index (κ2) is 4.22. The van der Waals surface area contributed by atoms with Gasteiger partial charge in [-0.3, -0.25) is 0 Å². The van der Waals surface area contributed by atoms with Crippen LogP contribution in [0, 0.1) is 11.6 Å². The van der Waals surface area contributed by atoms with Crippen molar-refractivity contribution in [1.29, 1.82) is 0 Å². The summed E-state index contributed by atoms with van der Waals surface area (Å²) < 4.78 is 30.9. The number of hydrogen-bond acceptors (Lipinski definition) is 1. The highest BCUT2D eigenvalue weighted by Gasteiger charge is 2.14. The predicted octanol–water partition coefficient (Wildman–Crippen LogP) is 3.40. The Labute approximate surface area is 82.0 Å². The molecular weight excluding hydrogens is 186 g/mol. The maximum absolute atomic E-state index is 13.2. The number of rotatable bonds is 3. The van der Waals surface area contributed by atoms with E-state index in [0.29, 0.717) is 12.0 Å². The molecule has 1 rings (SSSR count).